The van der Waals surface area contributed by atoms with Crippen LogP contribution in [0.4, 0.5) is 28.7 Å². The number of rotatable bonds is 6. The molecule has 0 atom stereocenters. The maximum Gasteiger partial charge on any atom is 0.159 e. The van der Waals surface area contributed by atoms with Gasteiger partial charge in [-0.25, -0.2) is 9.97 Å². The molecule has 2 aromatic carbocycles. The van der Waals surface area contributed by atoms with E-state index in [-0.39, 0.29) is 5.78 Å². The number of carbonyl (C=O) groups excluding carboxylic acids is 1. The van der Waals surface area contributed by atoms with Crippen molar-refractivity contribution in [1.82, 2.24) is 9.97 Å². The maximum absolute atomic E-state index is 11.4. The number of anilines is 5. The molecule has 1 aliphatic rings. The van der Waals surface area contributed by atoms with Gasteiger partial charge < -0.3 is 15.5 Å². The molecule has 6 nitrogen and oxygen atoms in total. The van der Waals surface area contributed by atoms with Gasteiger partial charge in [0.1, 0.15) is 18.0 Å². The molecule has 3 aromatic rings. The second kappa shape index (κ2) is 8.73. The molecule has 0 spiro atoms. The summed E-state index contributed by atoms with van der Waals surface area (Å²) >= 11 is 0. The van der Waals surface area contributed by atoms with Gasteiger partial charge in [-0.15, -0.1) is 0 Å². The zero-order valence-electron chi connectivity index (χ0n) is 16.6. The van der Waals surface area contributed by atoms with Gasteiger partial charge in [0.05, 0.1) is 0 Å². The summed E-state index contributed by atoms with van der Waals surface area (Å²) in [5, 5.41) is 6.57. The fourth-order valence-electron chi connectivity index (χ4n) is 3.49. The van der Waals surface area contributed by atoms with Gasteiger partial charge >= 0.3 is 0 Å². The molecule has 0 unspecified atom stereocenters. The Morgan fingerprint density at radius 3 is 1.93 bits per heavy atom. The lowest BCUT2D eigenvalue weighted by molar-refractivity contribution is 0.101. The molecule has 148 valence electrons. The summed E-state index contributed by atoms with van der Waals surface area (Å²) in [5.74, 6) is 1.45. The van der Waals surface area contributed by atoms with E-state index in [4.69, 9.17) is 0 Å². The van der Waals surface area contributed by atoms with E-state index in [0.29, 0.717) is 17.2 Å². The third kappa shape index (κ3) is 4.90. The molecule has 0 aliphatic carbocycles. The predicted octanol–water partition coefficient (Wildman–Crippen LogP) is 5.16. The number of ketones is 1. The summed E-state index contributed by atoms with van der Waals surface area (Å²) in [4.78, 5) is 22.4. The number of nitrogens with zero attached hydrogens (tertiary/aromatic N) is 3. The number of hydrogen-bond donors (Lipinski definition) is 2. The van der Waals surface area contributed by atoms with Gasteiger partial charge in [-0.1, -0.05) is 0 Å². The molecule has 0 bridgehead atoms. The number of piperidine rings is 1. The van der Waals surface area contributed by atoms with Gasteiger partial charge in [-0.05, 0) is 74.7 Å². The molecule has 1 saturated heterocycles. The Morgan fingerprint density at radius 1 is 0.828 bits per heavy atom. The predicted molar refractivity (Wildman–Crippen MR) is 118 cm³/mol. The van der Waals surface area contributed by atoms with Crippen LogP contribution in [0.3, 0.4) is 0 Å². The van der Waals surface area contributed by atoms with Crippen molar-refractivity contribution >= 4 is 34.5 Å². The van der Waals surface area contributed by atoms with Crippen molar-refractivity contribution in [2.75, 3.05) is 28.6 Å². The number of Topliss-reactive ketones (excluding diaryl/α,β-unsaturated/α-hetero) is 1. The van der Waals surface area contributed by atoms with Gasteiger partial charge in [-0.2, -0.15) is 0 Å². The highest BCUT2D eigenvalue weighted by Crippen LogP contribution is 2.24. The molecular weight excluding hydrogens is 362 g/mol. The minimum absolute atomic E-state index is 0.0522. The van der Waals surface area contributed by atoms with Crippen LogP contribution in [-0.4, -0.2) is 28.8 Å². The van der Waals surface area contributed by atoms with E-state index >= 15 is 0 Å². The van der Waals surface area contributed by atoms with Crippen molar-refractivity contribution in [3.8, 4) is 0 Å². The molecule has 4 rings (SSSR count). The normalized spacial score (nSPS) is 13.8. The molecule has 29 heavy (non-hydrogen) atoms. The first-order valence-electron chi connectivity index (χ1n) is 9.99. The van der Waals surface area contributed by atoms with Crippen LogP contribution >= 0.6 is 0 Å². The van der Waals surface area contributed by atoms with Crippen molar-refractivity contribution in [2.45, 2.75) is 26.2 Å². The van der Waals surface area contributed by atoms with Crippen LogP contribution in [0, 0.1) is 0 Å². The fourth-order valence-corrected chi connectivity index (χ4v) is 3.49. The Balaban J connectivity index is 1.41. The Bertz CT molecular complexity index is 963. The van der Waals surface area contributed by atoms with Gasteiger partial charge in [0.2, 0.25) is 0 Å². The van der Waals surface area contributed by atoms with Crippen LogP contribution in [-0.2, 0) is 0 Å². The van der Waals surface area contributed by atoms with Crippen LogP contribution in [0.25, 0.3) is 0 Å². The van der Waals surface area contributed by atoms with E-state index in [1.54, 1.807) is 19.1 Å². The van der Waals surface area contributed by atoms with E-state index in [1.807, 2.05) is 18.2 Å². The first-order chi connectivity index (χ1) is 14.2. The fraction of sp³-hybridized carbons (Fsp3) is 0.261. The number of carbonyl (C=O) groups is 1. The number of hydrogen-bond acceptors (Lipinski definition) is 6. The molecular formula is C23H25N5O. The first kappa shape index (κ1) is 18.9. The molecule has 2 N–H and O–H groups in total. The summed E-state index contributed by atoms with van der Waals surface area (Å²) in [5.41, 5.74) is 3.81. The van der Waals surface area contributed by atoms with Crippen molar-refractivity contribution in [1.29, 1.82) is 0 Å². The van der Waals surface area contributed by atoms with E-state index in [1.165, 1.54) is 31.3 Å². The van der Waals surface area contributed by atoms with Crippen molar-refractivity contribution in [3.63, 3.8) is 0 Å². The van der Waals surface area contributed by atoms with Crippen molar-refractivity contribution in [3.05, 3.63) is 66.5 Å². The minimum Gasteiger partial charge on any atom is -0.372 e. The minimum atomic E-state index is 0.0522. The lowest BCUT2D eigenvalue weighted by Crippen LogP contribution is -2.29. The molecule has 0 saturated carbocycles. The topological polar surface area (TPSA) is 70.2 Å². The largest absolute Gasteiger partial charge is 0.372 e. The van der Waals surface area contributed by atoms with Gasteiger partial charge in [0.15, 0.2) is 5.78 Å². The summed E-state index contributed by atoms with van der Waals surface area (Å²) in [7, 11) is 0. The van der Waals surface area contributed by atoms with Gasteiger partial charge in [-0.3, -0.25) is 4.79 Å². The van der Waals surface area contributed by atoms with E-state index in [2.05, 4.69) is 49.8 Å². The van der Waals surface area contributed by atoms with Crippen molar-refractivity contribution in [2.24, 2.45) is 0 Å². The van der Waals surface area contributed by atoms with Crippen molar-refractivity contribution < 1.29 is 4.79 Å². The summed E-state index contributed by atoms with van der Waals surface area (Å²) < 4.78 is 0. The summed E-state index contributed by atoms with van der Waals surface area (Å²) in [6.07, 6.45) is 5.40. The second-order valence-electron chi connectivity index (χ2n) is 7.27. The number of aromatic nitrogens is 2. The van der Waals surface area contributed by atoms with Crippen LogP contribution in [0.2, 0.25) is 0 Å². The average molecular weight is 387 g/mol. The SMILES string of the molecule is CC(=O)c1ccc(Nc2cc(Nc3ccc(N4CCCCC4)cc3)ncn2)cc1. The van der Waals surface area contributed by atoms with E-state index < -0.39 is 0 Å². The Hall–Kier alpha value is -3.41. The Kier molecular flexibility index (Phi) is 5.70. The van der Waals surface area contributed by atoms with Crippen LogP contribution in [0.5, 0.6) is 0 Å². The monoisotopic (exact) mass is 387 g/mol. The number of benzene rings is 2. The molecule has 2 heterocycles. The molecule has 1 aromatic heterocycles. The molecule has 6 heteroatoms. The summed E-state index contributed by atoms with van der Waals surface area (Å²) in [6, 6.07) is 17.7. The standard InChI is InChI=1S/C23H25N5O/c1-17(29)18-5-7-19(8-6-18)26-22-15-23(25-16-24-22)27-20-9-11-21(12-10-20)28-13-3-2-4-14-28/h5-12,15-16H,2-4,13-14H2,1H3,(H2,24,25,26,27). The van der Waals surface area contributed by atoms with Crippen LogP contribution in [0.15, 0.2) is 60.9 Å². The quantitative estimate of drug-likeness (QED) is 0.570. The first-order valence-corrected chi connectivity index (χ1v) is 9.99. The summed E-state index contributed by atoms with van der Waals surface area (Å²) in [6.45, 7) is 3.84. The highest BCUT2D eigenvalue weighted by Gasteiger charge is 2.10. The highest BCUT2D eigenvalue weighted by atomic mass is 16.1. The number of nitrogens with one attached hydrogen (secondary N) is 2. The molecule has 1 aliphatic heterocycles. The highest BCUT2D eigenvalue weighted by molar-refractivity contribution is 5.94. The molecule has 0 amide bonds. The van der Waals surface area contributed by atoms with Crippen LogP contribution < -0.4 is 15.5 Å². The maximum atomic E-state index is 11.4. The Labute approximate surface area is 171 Å². The van der Waals surface area contributed by atoms with E-state index in [9.17, 15) is 4.79 Å². The third-order valence-corrected chi connectivity index (χ3v) is 5.09. The zero-order valence-corrected chi connectivity index (χ0v) is 16.6. The van der Waals surface area contributed by atoms with E-state index in [0.717, 1.165) is 24.5 Å². The Morgan fingerprint density at radius 2 is 1.38 bits per heavy atom. The molecule has 0 radical (unpaired) electrons. The molecule has 1 fully saturated rings. The third-order valence-electron chi connectivity index (χ3n) is 5.09. The lowest BCUT2D eigenvalue weighted by atomic mass is 10.1. The zero-order chi connectivity index (χ0) is 20.1. The second-order valence-corrected chi connectivity index (χ2v) is 7.27. The van der Waals surface area contributed by atoms with Gasteiger partial charge in [0.25, 0.3) is 0 Å². The smallest absolute Gasteiger partial charge is 0.159 e. The van der Waals surface area contributed by atoms with Crippen LogP contribution in [0.1, 0.15) is 36.5 Å². The average Bonchev–Trinajstić information content (AvgIpc) is 2.76. The van der Waals surface area contributed by atoms with Gasteiger partial charge in [0, 0.05) is 41.8 Å². The lowest BCUT2D eigenvalue weighted by Gasteiger charge is -2.28.